The number of amides is 1. The van der Waals surface area contributed by atoms with Gasteiger partial charge in [-0.15, -0.1) is 0 Å². The van der Waals surface area contributed by atoms with Gasteiger partial charge in [0, 0.05) is 69.4 Å². The van der Waals surface area contributed by atoms with Crippen LogP contribution in [0, 0.1) is 17.7 Å². The molecule has 3 aliphatic rings. The third kappa shape index (κ3) is 10.1. The minimum atomic E-state index is -3.52. The molecule has 2 saturated heterocycles. The van der Waals surface area contributed by atoms with Crippen LogP contribution >= 0.6 is 0 Å². The number of ether oxygens (including phenoxy) is 2. The number of esters is 1. The van der Waals surface area contributed by atoms with E-state index >= 15 is 0 Å². The predicted octanol–water partition coefficient (Wildman–Crippen LogP) is 3.86. The number of carbonyl (C=O) groups excluding carboxylic acids is 2. The number of likely N-dealkylation sites (N-methyl/N-ethyl adjacent to an activating group) is 1. The number of hydrogen-bond acceptors (Lipinski definition) is 9. The summed E-state index contributed by atoms with van der Waals surface area (Å²) in [5, 5.41) is 11.6. The molecule has 0 spiro atoms. The van der Waals surface area contributed by atoms with Crippen LogP contribution in [0.1, 0.15) is 45.6 Å². The first-order valence-electron chi connectivity index (χ1n) is 16.3. The minimum absolute atomic E-state index is 0.0977. The van der Waals surface area contributed by atoms with Crippen LogP contribution in [0.15, 0.2) is 47.9 Å². The summed E-state index contributed by atoms with van der Waals surface area (Å²) < 4.78 is 52.4. The molecule has 0 saturated carbocycles. The van der Waals surface area contributed by atoms with E-state index in [1.54, 1.807) is 11.0 Å². The van der Waals surface area contributed by atoms with Gasteiger partial charge in [0.2, 0.25) is 10.0 Å². The van der Waals surface area contributed by atoms with Crippen LogP contribution in [0.3, 0.4) is 0 Å². The lowest BCUT2D eigenvalue weighted by atomic mass is 9.91. The SMILES string of the molecule is C=CS(=O)(=O)N1CCN(c2cc(F)cc(/C=C(\C)[C@H]3OC(=O)C[C@H](O)CC[C@H](C)[C@@H](OC(=O)N4CCN(C)CC4)/C=C/[C@@H]3C)c2)CC1. The van der Waals surface area contributed by atoms with E-state index in [9.17, 15) is 27.5 Å². The fourth-order valence-electron chi connectivity index (χ4n) is 6.14. The molecule has 13 heteroatoms. The van der Waals surface area contributed by atoms with Crippen molar-refractivity contribution >= 4 is 33.8 Å². The number of benzene rings is 1. The molecule has 0 unspecified atom stereocenters. The third-order valence-corrected chi connectivity index (χ3v) is 10.7. The molecule has 0 bridgehead atoms. The average Bonchev–Trinajstić information content (AvgIpc) is 3.03. The highest BCUT2D eigenvalue weighted by Gasteiger charge is 2.30. The van der Waals surface area contributed by atoms with Crippen LogP contribution in [0.4, 0.5) is 14.9 Å². The number of sulfonamides is 1. The molecule has 1 amide bonds. The first-order valence-corrected chi connectivity index (χ1v) is 17.8. The van der Waals surface area contributed by atoms with Crippen LogP contribution < -0.4 is 4.90 Å². The summed E-state index contributed by atoms with van der Waals surface area (Å²) in [6, 6.07) is 4.63. The van der Waals surface area contributed by atoms with Crippen molar-refractivity contribution in [3.05, 3.63) is 59.3 Å². The second-order valence-electron chi connectivity index (χ2n) is 12.9. The zero-order chi connectivity index (χ0) is 34.3. The monoisotopic (exact) mass is 676 g/mol. The number of carbonyl (C=O) groups is 2. The number of aliphatic hydroxyl groups is 1. The van der Waals surface area contributed by atoms with Crippen LogP contribution in [0.25, 0.3) is 6.08 Å². The van der Waals surface area contributed by atoms with Gasteiger partial charge in [-0.25, -0.2) is 17.6 Å². The molecule has 0 aliphatic carbocycles. The number of hydrogen-bond donors (Lipinski definition) is 1. The van der Waals surface area contributed by atoms with Crippen LogP contribution in [0.2, 0.25) is 0 Å². The Morgan fingerprint density at radius 3 is 2.38 bits per heavy atom. The smallest absolute Gasteiger partial charge is 0.410 e. The second kappa shape index (κ2) is 16.2. The number of piperazine rings is 2. The number of rotatable bonds is 6. The van der Waals surface area contributed by atoms with E-state index in [0.29, 0.717) is 55.8 Å². The van der Waals surface area contributed by atoms with E-state index < -0.39 is 40.1 Å². The lowest BCUT2D eigenvalue weighted by Crippen LogP contribution is -2.48. The number of cyclic esters (lactones) is 1. The van der Waals surface area contributed by atoms with Gasteiger partial charge in [0.15, 0.2) is 0 Å². The van der Waals surface area contributed by atoms with E-state index in [1.165, 1.54) is 16.4 Å². The van der Waals surface area contributed by atoms with Gasteiger partial charge in [-0.1, -0.05) is 32.6 Å². The van der Waals surface area contributed by atoms with Crippen molar-refractivity contribution in [2.75, 3.05) is 64.3 Å². The van der Waals surface area contributed by atoms with Gasteiger partial charge in [0.25, 0.3) is 0 Å². The maximum atomic E-state index is 14.9. The van der Waals surface area contributed by atoms with Gasteiger partial charge >= 0.3 is 12.1 Å². The fraction of sp³-hybridized carbons (Fsp3) is 0.588. The van der Waals surface area contributed by atoms with Gasteiger partial charge < -0.3 is 29.3 Å². The third-order valence-electron chi connectivity index (χ3n) is 9.18. The molecule has 0 radical (unpaired) electrons. The van der Waals surface area contributed by atoms with E-state index in [0.717, 1.165) is 18.5 Å². The number of anilines is 1. The van der Waals surface area contributed by atoms with Gasteiger partial charge in [-0.05, 0) is 68.1 Å². The Morgan fingerprint density at radius 2 is 1.72 bits per heavy atom. The number of aliphatic hydroxyl groups excluding tert-OH is 1. The largest absolute Gasteiger partial charge is 0.457 e. The molecule has 0 aromatic heterocycles. The Balaban J connectivity index is 1.54. The molecule has 3 aliphatic heterocycles. The molecule has 260 valence electrons. The zero-order valence-corrected chi connectivity index (χ0v) is 28.7. The highest BCUT2D eigenvalue weighted by atomic mass is 32.2. The Kier molecular flexibility index (Phi) is 12.6. The first kappa shape index (κ1) is 36.6. The predicted molar refractivity (Wildman–Crippen MR) is 179 cm³/mol. The van der Waals surface area contributed by atoms with Crippen molar-refractivity contribution in [2.24, 2.45) is 11.8 Å². The highest BCUT2D eigenvalue weighted by molar-refractivity contribution is 7.92. The summed E-state index contributed by atoms with van der Waals surface area (Å²) in [7, 11) is -1.51. The summed E-state index contributed by atoms with van der Waals surface area (Å²) in [5.41, 5.74) is 1.84. The molecule has 2 fully saturated rings. The summed E-state index contributed by atoms with van der Waals surface area (Å²) in [6.45, 7) is 13.1. The van der Waals surface area contributed by atoms with Crippen LogP contribution in [-0.4, -0.2) is 117 Å². The molecule has 11 nitrogen and oxygen atoms in total. The molecule has 3 heterocycles. The Labute approximate surface area is 278 Å². The van der Waals surface area contributed by atoms with Gasteiger partial charge in [0.05, 0.1) is 12.5 Å². The molecular formula is C34H49FN4O7S. The molecule has 4 rings (SSSR count). The van der Waals surface area contributed by atoms with Gasteiger partial charge in [-0.3, -0.25) is 4.79 Å². The second-order valence-corrected chi connectivity index (χ2v) is 14.8. The Bertz CT molecular complexity index is 1440. The zero-order valence-electron chi connectivity index (χ0n) is 27.9. The lowest BCUT2D eigenvalue weighted by Gasteiger charge is -2.35. The summed E-state index contributed by atoms with van der Waals surface area (Å²) in [6.07, 6.45) is 3.69. The fourth-order valence-corrected chi connectivity index (χ4v) is 7.03. The number of nitrogens with zero attached hydrogens (tertiary/aromatic N) is 4. The van der Waals surface area contributed by atoms with Crippen molar-refractivity contribution in [3.63, 3.8) is 0 Å². The van der Waals surface area contributed by atoms with E-state index in [4.69, 9.17) is 9.47 Å². The molecule has 5 atom stereocenters. The maximum absolute atomic E-state index is 14.9. The molecule has 1 aromatic carbocycles. The van der Waals surface area contributed by atoms with Crippen LogP contribution in [-0.2, 0) is 24.3 Å². The van der Waals surface area contributed by atoms with E-state index in [2.05, 4.69) is 11.5 Å². The topological polar surface area (TPSA) is 120 Å². The summed E-state index contributed by atoms with van der Waals surface area (Å²) >= 11 is 0. The summed E-state index contributed by atoms with van der Waals surface area (Å²) in [5.74, 6) is -1.42. The van der Waals surface area contributed by atoms with Crippen molar-refractivity contribution in [3.8, 4) is 0 Å². The molecular weight excluding hydrogens is 627 g/mol. The standard InChI is InChI=1S/C34H49FN4O7S/c1-6-47(43,44)39-17-15-37(16-18-39)29-21-27(20-28(35)22-29)19-26(4)33-25(3)8-10-31(24(2)7-9-30(40)23-32(41)46-33)45-34(42)38-13-11-36(5)12-14-38/h6,8,10,19-22,24-25,30-31,33,40H,1,7,9,11-18,23H2,2-5H3/b10-8+,26-19+/t24-,25-,30+,31-,33-/m0/s1. The highest BCUT2D eigenvalue weighted by Crippen LogP contribution is 2.28. The van der Waals surface area contributed by atoms with Crippen LogP contribution in [0.5, 0.6) is 0 Å². The van der Waals surface area contributed by atoms with Crippen molar-refractivity contribution in [2.45, 2.75) is 58.3 Å². The number of halogens is 1. The molecule has 47 heavy (non-hydrogen) atoms. The Morgan fingerprint density at radius 1 is 1.04 bits per heavy atom. The maximum Gasteiger partial charge on any atom is 0.410 e. The summed E-state index contributed by atoms with van der Waals surface area (Å²) in [4.78, 5) is 31.8. The Hall–Kier alpha value is -3.26. The molecule has 1 aromatic rings. The van der Waals surface area contributed by atoms with Gasteiger partial charge in [-0.2, -0.15) is 4.31 Å². The minimum Gasteiger partial charge on any atom is -0.457 e. The van der Waals surface area contributed by atoms with E-state index in [1.807, 2.05) is 50.9 Å². The first-order chi connectivity index (χ1) is 22.2. The molecule has 1 N–H and O–H groups in total. The lowest BCUT2D eigenvalue weighted by molar-refractivity contribution is -0.151. The van der Waals surface area contributed by atoms with Gasteiger partial charge in [0.1, 0.15) is 18.0 Å². The quantitative estimate of drug-likeness (QED) is 0.354. The average molecular weight is 677 g/mol. The normalized spacial score (nSPS) is 28.5. The van der Waals surface area contributed by atoms with Crippen molar-refractivity contribution in [1.82, 2.24) is 14.1 Å². The van der Waals surface area contributed by atoms with Crippen molar-refractivity contribution in [1.29, 1.82) is 0 Å². The van der Waals surface area contributed by atoms with E-state index in [-0.39, 0.29) is 37.4 Å². The van der Waals surface area contributed by atoms with Crippen molar-refractivity contribution < 1.29 is 37.0 Å².